The Hall–Kier alpha value is -2.66. The number of hydrogen-bond donors (Lipinski definition) is 3. The summed E-state index contributed by atoms with van der Waals surface area (Å²) in [7, 11) is 0. The lowest BCUT2D eigenvalue weighted by Crippen LogP contribution is -2.62. The zero-order valence-corrected chi connectivity index (χ0v) is 30.5. The van der Waals surface area contributed by atoms with Gasteiger partial charge in [0.15, 0.2) is 11.6 Å². The van der Waals surface area contributed by atoms with Gasteiger partial charge in [0.1, 0.15) is 12.1 Å². The predicted molar refractivity (Wildman–Crippen MR) is 187 cm³/mol. The van der Waals surface area contributed by atoms with E-state index in [0.717, 1.165) is 44.9 Å². The molecule has 2 unspecified atom stereocenters. The SMILES string of the molecule is C#CCC[C@H](CC(=O)[C@@H]1[C@@H]2C(CN1C(=O)[C@@H](NC(=O)NC1(CCC(C)(C)C)CCCCC1)C(C)(C)C)C2(C)C)C(O)C(=O)CCC=C. The minimum atomic E-state index is -1.31. The van der Waals surface area contributed by atoms with Crippen molar-refractivity contribution < 1.29 is 24.3 Å². The van der Waals surface area contributed by atoms with Crippen molar-refractivity contribution in [1.29, 1.82) is 0 Å². The molecule has 3 amide bonds. The standard InChI is InChI=1S/C39H63N3O5/c1-11-13-18-26(32(45)28(43)19-14-12-2)24-29(44)31-30-27(38(30,9)10)25-42(31)34(46)33(37(6,7)8)40-35(47)41-39(20-16-15-17-21-39)23-22-36(3,4)5/h1,12,26-27,30-33,45H,2,13-25H2,3-10H3,(H2,40,41,47)/t26-,27?,30+,31-,32?,33-/m1/s1. The van der Waals surface area contributed by atoms with E-state index in [9.17, 15) is 24.3 Å². The summed E-state index contributed by atoms with van der Waals surface area (Å²) in [5.41, 5.74) is -0.867. The molecular weight excluding hydrogens is 590 g/mol. The molecule has 6 atom stereocenters. The van der Waals surface area contributed by atoms with Gasteiger partial charge in [0, 0.05) is 31.3 Å². The van der Waals surface area contributed by atoms with E-state index in [2.05, 4.69) is 57.8 Å². The van der Waals surface area contributed by atoms with Gasteiger partial charge in [0.2, 0.25) is 5.91 Å². The summed E-state index contributed by atoms with van der Waals surface area (Å²) < 4.78 is 0. The van der Waals surface area contributed by atoms with Crippen LogP contribution in [0.3, 0.4) is 0 Å². The zero-order chi connectivity index (χ0) is 35.4. The first-order chi connectivity index (χ1) is 21.8. The number of amides is 3. The molecule has 0 aromatic rings. The van der Waals surface area contributed by atoms with E-state index in [4.69, 9.17) is 6.42 Å². The fourth-order valence-corrected chi connectivity index (χ4v) is 8.06. The molecular formula is C39H63N3O5. The quantitative estimate of drug-likeness (QED) is 0.136. The Labute approximate surface area is 284 Å². The number of Topliss-reactive ketones (excluding diaryl/α,β-unsaturated/α-hetero) is 2. The van der Waals surface area contributed by atoms with Gasteiger partial charge in [0.05, 0.1) is 6.04 Å². The fourth-order valence-electron chi connectivity index (χ4n) is 8.06. The van der Waals surface area contributed by atoms with Crippen molar-refractivity contribution in [1.82, 2.24) is 15.5 Å². The van der Waals surface area contributed by atoms with Crippen molar-refractivity contribution in [3.05, 3.63) is 12.7 Å². The number of carbonyl (C=O) groups excluding carboxylic acids is 4. The highest BCUT2D eigenvalue weighted by Crippen LogP contribution is 2.65. The van der Waals surface area contributed by atoms with Crippen LogP contribution in [0.1, 0.15) is 132 Å². The van der Waals surface area contributed by atoms with E-state index in [-0.39, 0.29) is 64.6 Å². The number of likely N-dealkylation sites (tertiary alicyclic amines) is 1. The first-order valence-electron chi connectivity index (χ1n) is 17.9. The monoisotopic (exact) mass is 653 g/mol. The van der Waals surface area contributed by atoms with Gasteiger partial charge in [-0.2, -0.15) is 0 Å². The van der Waals surface area contributed by atoms with E-state index in [1.54, 1.807) is 11.0 Å². The summed E-state index contributed by atoms with van der Waals surface area (Å²) >= 11 is 0. The van der Waals surface area contributed by atoms with Crippen molar-refractivity contribution in [2.45, 2.75) is 156 Å². The molecule has 2 aliphatic carbocycles. The average molecular weight is 654 g/mol. The van der Waals surface area contributed by atoms with Gasteiger partial charge >= 0.3 is 6.03 Å². The molecule has 264 valence electrons. The van der Waals surface area contributed by atoms with Crippen LogP contribution in [-0.4, -0.2) is 63.8 Å². The lowest BCUT2D eigenvalue weighted by molar-refractivity contribution is -0.144. The van der Waals surface area contributed by atoms with E-state index < -0.39 is 29.5 Å². The molecule has 1 heterocycles. The van der Waals surface area contributed by atoms with Crippen LogP contribution < -0.4 is 10.6 Å². The third-order valence-electron chi connectivity index (χ3n) is 11.2. The number of aliphatic hydroxyl groups excluding tert-OH is 1. The van der Waals surface area contributed by atoms with Gasteiger partial charge in [0.25, 0.3) is 0 Å². The minimum Gasteiger partial charge on any atom is -0.385 e. The molecule has 47 heavy (non-hydrogen) atoms. The minimum absolute atomic E-state index is 0.0156. The number of aliphatic hydroxyl groups is 1. The lowest BCUT2D eigenvalue weighted by atomic mass is 9.75. The van der Waals surface area contributed by atoms with Crippen molar-refractivity contribution in [3.8, 4) is 12.3 Å². The molecule has 0 aromatic heterocycles. The van der Waals surface area contributed by atoms with E-state index >= 15 is 0 Å². The van der Waals surface area contributed by atoms with E-state index in [1.165, 1.54) is 0 Å². The van der Waals surface area contributed by atoms with Crippen LogP contribution >= 0.6 is 0 Å². The molecule has 1 saturated heterocycles. The molecule has 3 rings (SSSR count). The number of nitrogens with zero attached hydrogens (tertiary/aromatic N) is 1. The van der Waals surface area contributed by atoms with Crippen LogP contribution in [0.15, 0.2) is 12.7 Å². The molecule has 1 aliphatic heterocycles. The van der Waals surface area contributed by atoms with Crippen LogP contribution in [0.2, 0.25) is 0 Å². The smallest absolute Gasteiger partial charge is 0.315 e. The first-order valence-corrected chi connectivity index (χ1v) is 17.9. The zero-order valence-electron chi connectivity index (χ0n) is 30.5. The Morgan fingerprint density at radius 3 is 2.28 bits per heavy atom. The highest BCUT2D eigenvalue weighted by molar-refractivity contribution is 5.95. The highest BCUT2D eigenvalue weighted by Gasteiger charge is 2.69. The Bertz CT molecular complexity index is 1200. The molecule has 0 spiro atoms. The number of nitrogens with one attached hydrogen (secondary N) is 2. The van der Waals surface area contributed by atoms with Crippen molar-refractivity contribution >= 4 is 23.5 Å². The summed E-state index contributed by atoms with van der Waals surface area (Å²) in [6, 6.07) is -1.86. The van der Waals surface area contributed by atoms with Crippen LogP contribution in [0.25, 0.3) is 0 Å². The van der Waals surface area contributed by atoms with Gasteiger partial charge in [-0.25, -0.2) is 4.79 Å². The second-order valence-electron chi connectivity index (χ2n) is 17.6. The Morgan fingerprint density at radius 1 is 1.09 bits per heavy atom. The van der Waals surface area contributed by atoms with Crippen molar-refractivity contribution in [2.24, 2.45) is 34.0 Å². The molecule has 0 radical (unpaired) electrons. The number of terminal acetylenes is 1. The van der Waals surface area contributed by atoms with E-state index in [1.807, 2.05) is 20.8 Å². The number of fused-ring (bicyclic) bond motifs is 1. The van der Waals surface area contributed by atoms with Crippen LogP contribution in [0, 0.1) is 46.3 Å². The maximum absolute atomic E-state index is 14.5. The number of hydrogen-bond acceptors (Lipinski definition) is 5. The first kappa shape index (κ1) is 38.8. The largest absolute Gasteiger partial charge is 0.385 e. The third-order valence-corrected chi connectivity index (χ3v) is 11.2. The fraction of sp³-hybridized carbons (Fsp3) is 0.795. The maximum Gasteiger partial charge on any atom is 0.315 e. The number of allylic oxidation sites excluding steroid dienone is 1. The number of piperidine rings is 1. The molecule has 3 aliphatic rings. The summed E-state index contributed by atoms with van der Waals surface area (Å²) in [4.78, 5) is 56.8. The topological polar surface area (TPSA) is 116 Å². The number of carbonyl (C=O) groups is 4. The molecule has 0 bridgehead atoms. The number of rotatable bonds is 15. The predicted octanol–water partition coefficient (Wildman–Crippen LogP) is 6.60. The van der Waals surface area contributed by atoms with Crippen LogP contribution in [-0.2, 0) is 14.4 Å². The third kappa shape index (κ3) is 9.71. The lowest BCUT2D eigenvalue weighted by Gasteiger charge is -2.42. The van der Waals surface area contributed by atoms with Crippen LogP contribution in [0.5, 0.6) is 0 Å². The summed E-state index contributed by atoms with van der Waals surface area (Å²) in [5.74, 6) is 1.35. The molecule has 3 N–H and O–H groups in total. The van der Waals surface area contributed by atoms with Gasteiger partial charge in [-0.15, -0.1) is 18.9 Å². The van der Waals surface area contributed by atoms with Gasteiger partial charge in [-0.3, -0.25) is 14.4 Å². The Balaban J connectivity index is 1.82. The average Bonchev–Trinajstić information content (AvgIpc) is 3.29. The number of ketones is 2. The second-order valence-corrected chi connectivity index (χ2v) is 17.6. The maximum atomic E-state index is 14.5. The Morgan fingerprint density at radius 2 is 1.72 bits per heavy atom. The second kappa shape index (κ2) is 15.3. The highest BCUT2D eigenvalue weighted by atomic mass is 16.3. The normalized spacial score (nSPS) is 25.0. The molecule has 8 nitrogen and oxygen atoms in total. The Kier molecular flexibility index (Phi) is 12.6. The summed E-state index contributed by atoms with van der Waals surface area (Å²) in [6.45, 7) is 20.8. The van der Waals surface area contributed by atoms with Gasteiger partial charge < -0.3 is 20.6 Å². The summed E-state index contributed by atoms with van der Waals surface area (Å²) in [5, 5.41) is 17.4. The van der Waals surface area contributed by atoms with Crippen molar-refractivity contribution in [3.63, 3.8) is 0 Å². The number of urea groups is 1. The molecule has 2 saturated carbocycles. The molecule has 3 fully saturated rings. The molecule has 8 heteroatoms. The summed E-state index contributed by atoms with van der Waals surface area (Å²) in [6.07, 6.45) is 14.1. The molecule has 0 aromatic carbocycles. The van der Waals surface area contributed by atoms with E-state index in [0.29, 0.717) is 25.8 Å². The van der Waals surface area contributed by atoms with Gasteiger partial charge in [-0.1, -0.05) is 80.7 Å². The van der Waals surface area contributed by atoms with Crippen molar-refractivity contribution in [2.75, 3.05) is 6.54 Å². The van der Waals surface area contributed by atoms with Gasteiger partial charge in [-0.05, 0) is 72.5 Å². The van der Waals surface area contributed by atoms with Crippen LogP contribution in [0.4, 0.5) is 4.79 Å².